The van der Waals surface area contributed by atoms with Gasteiger partial charge in [0.2, 0.25) is 5.91 Å². The van der Waals surface area contributed by atoms with Crippen LogP contribution < -0.4 is 15.5 Å². The van der Waals surface area contributed by atoms with Crippen LogP contribution in [0.1, 0.15) is 40.2 Å². The summed E-state index contributed by atoms with van der Waals surface area (Å²) in [6.45, 7) is 2.72. The number of hydrogen-bond acceptors (Lipinski definition) is 4. The van der Waals surface area contributed by atoms with Crippen molar-refractivity contribution in [2.45, 2.75) is 18.8 Å². The number of nitrogens with one attached hydrogen (secondary N) is 2. The molecule has 0 bridgehead atoms. The highest BCUT2D eigenvalue weighted by molar-refractivity contribution is 6.03. The van der Waals surface area contributed by atoms with Gasteiger partial charge in [0.15, 0.2) is 0 Å². The molecule has 34 heavy (non-hydrogen) atoms. The van der Waals surface area contributed by atoms with Crippen molar-refractivity contribution in [3.63, 3.8) is 0 Å². The monoisotopic (exact) mass is 457 g/mol. The highest BCUT2D eigenvalue weighted by atomic mass is 16.5. The number of carbonyl (C=O) groups excluding carboxylic acids is 2. The lowest BCUT2D eigenvalue weighted by atomic mass is 9.90. The van der Waals surface area contributed by atoms with Crippen LogP contribution in [0.25, 0.3) is 0 Å². The summed E-state index contributed by atoms with van der Waals surface area (Å²) >= 11 is 0. The van der Waals surface area contributed by atoms with E-state index in [0.717, 1.165) is 42.7 Å². The van der Waals surface area contributed by atoms with E-state index < -0.39 is 5.92 Å². The standard InChI is InChI=1S/C28H31N3O3/c1-34-19-16-29-27(32)24-20-23(14-15-25(24)31-17-8-9-18-31)30-28(33)26(21-10-4-2-5-11-21)22-12-6-3-7-13-22/h2-7,10-15,20,26H,8-9,16-19H2,1H3,(H,29,32)(H,30,33). The van der Waals surface area contributed by atoms with E-state index in [1.54, 1.807) is 13.2 Å². The molecule has 1 fully saturated rings. The molecule has 0 atom stereocenters. The minimum Gasteiger partial charge on any atom is -0.383 e. The second-order valence-corrected chi connectivity index (χ2v) is 8.42. The lowest BCUT2D eigenvalue weighted by Gasteiger charge is -2.23. The number of carbonyl (C=O) groups is 2. The lowest BCUT2D eigenvalue weighted by Crippen LogP contribution is -2.30. The number of nitrogens with zero attached hydrogens (tertiary/aromatic N) is 1. The Morgan fingerprint density at radius 1 is 0.912 bits per heavy atom. The molecule has 6 nitrogen and oxygen atoms in total. The number of benzene rings is 3. The number of rotatable bonds is 9. The number of anilines is 2. The molecule has 3 aromatic rings. The van der Waals surface area contributed by atoms with Crippen LogP contribution in [0.5, 0.6) is 0 Å². The summed E-state index contributed by atoms with van der Waals surface area (Å²) in [5, 5.41) is 5.97. The van der Waals surface area contributed by atoms with Gasteiger partial charge >= 0.3 is 0 Å². The number of methoxy groups -OCH3 is 1. The Hall–Kier alpha value is -3.64. The van der Waals surface area contributed by atoms with Crippen LogP contribution in [0, 0.1) is 0 Å². The third-order valence-electron chi connectivity index (χ3n) is 6.08. The Labute approximate surface area is 200 Å². The number of amides is 2. The average Bonchev–Trinajstić information content (AvgIpc) is 3.40. The zero-order valence-electron chi connectivity index (χ0n) is 19.5. The van der Waals surface area contributed by atoms with Crippen molar-refractivity contribution >= 4 is 23.2 Å². The fourth-order valence-electron chi connectivity index (χ4n) is 4.39. The maximum atomic E-state index is 13.5. The summed E-state index contributed by atoms with van der Waals surface area (Å²) in [5.41, 5.74) is 3.89. The molecule has 2 amide bonds. The van der Waals surface area contributed by atoms with Gasteiger partial charge in [0.25, 0.3) is 5.91 Å². The van der Waals surface area contributed by atoms with E-state index in [1.807, 2.05) is 72.8 Å². The fraction of sp³-hybridized carbons (Fsp3) is 0.286. The largest absolute Gasteiger partial charge is 0.383 e. The van der Waals surface area contributed by atoms with E-state index in [9.17, 15) is 9.59 Å². The molecule has 0 aromatic heterocycles. The maximum absolute atomic E-state index is 13.5. The normalized spacial score (nSPS) is 13.2. The van der Waals surface area contributed by atoms with Crippen molar-refractivity contribution in [2.75, 3.05) is 43.6 Å². The molecular weight excluding hydrogens is 426 g/mol. The van der Waals surface area contributed by atoms with Crippen LogP contribution in [0.3, 0.4) is 0 Å². The van der Waals surface area contributed by atoms with Crippen LogP contribution in [0.4, 0.5) is 11.4 Å². The Balaban J connectivity index is 1.62. The topological polar surface area (TPSA) is 70.7 Å². The van der Waals surface area contributed by atoms with Gasteiger partial charge in [-0.25, -0.2) is 0 Å². The van der Waals surface area contributed by atoms with Gasteiger partial charge in [-0.05, 0) is 42.2 Å². The molecule has 0 spiro atoms. The maximum Gasteiger partial charge on any atom is 0.253 e. The molecule has 3 aromatic carbocycles. The minimum atomic E-state index is -0.459. The molecule has 176 valence electrons. The SMILES string of the molecule is COCCNC(=O)c1cc(NC(=O)C(c2ccccc2)c2ccccc2)ccc1N1CCCC1. The Kier molecular flexibility index (Phi) is 7.94. The summed E-state index contributed by atoms with van der Waals surface area (Å²) in [4.78, 5) is 28.7. The quantitative estimate of drug-likeness (QED) is 0.466. The molecule has 1 aliphatic rings. The fourth-order valence-corrected chi connectivity index (χ4v) is 4.39. The van der Waals surface area contributed by atoms with Crippen molar-refractivity contribution in [3.05, 3.63) is 95.6 Å². The van der Waals surface area contributed by atoms with Gasteiger partial charge < -0.3 is 20.3 Å². The summed E-state index contributed by atoms with van der Waals surface area (Å²) in [6, 6.07) is 25.1. The van der Waals surface area contributed by atoms with E-state index in [4.69, 9.17) is 4.74 Å². The molecule has 0 saturated carbocycles. The van der Waals surface area contributed by atoms with Gasteiger partial charge in [-0.3, -0.25) is 9.59 Å². The van der Waals surface area contributed by atoms with Gasteiger partial charge in [-0.15, -0.1) is 0 Å². The van der Waals surface area contributed by atoms with E-state index in [2.05, 4.69) is 15.5 Å². The molecule has 0 unspecified atom stereocenters. The van der Waals surface area contributed by atoms with Crippen molar-refractivity contribution in [1.82, 2.24) is 5.32 Å². The summed E-state index contributed by atoms with van der Waals surface area (Å²) in [7, 11) is 1.61. The third kappa shape index (κ3) is 5.64. The Morgan fingerprint density at radius 2 is 1.53 bits per heavy atom. The van der Waals surface area contributed by atoms with Gasteiger partial charge in [0.05, 0.1) is 18.1 Å². The highest BCUT2D eigenvalue weighted by Gasteiger charge is 2.24. The van der Waals surface area contributed by atoms with Crippen LogP contribution >= 0.6 is 0 Å². The molecule has 4 rings (SSSR count). The Morgan fingerprint density at radius 3 is 2.12 bits per heavy atom. The molecule has 1 aliphatic heterocycles. The zero-order valence-corrected chi connectivity index (χ0v) is 19.5. The van der Waals surface area contributed by atoms with Crippen molar-refractivity contribution in [1.29, 1.82) is 0 Å². The lowest BCUT2D eigenvalue weighted by molar-refractivity contribution is -0.116. The molecule has 0 aliphatic carbocycles. The summed E-state index contributed by atoms with van der Waals surface area (Å²) in [5.74, 6) is -0.769. The van der Waals surface area contributed by atoms with Crippen molar-refractivity contribution < 1.29 is 14.3 Å². The van der Waals surface area contributed by atoms with Crippen molar-refractivity contribution in [3.8, 4) is 0 Å². The molecular formula is C28H31N3O3. The van der Waals surface area contributed by atoms with E-state index in [1.165, 1.54) is 0 Å². The summed E-state index contributed by atoms with van der Waals surface area (Å²) in [6.07, 6.45) is 2.22. The van der Waals surface area contributed by atoms with Gasteiger partial charge in [0, 0.05) is 38.1 Å². The van der Waals surface area contributed by atoms with Gasteiger partial charge in [-0.2, -0.15) is 0 Å². The van der Waals surface area contributed by atoms with Crippen LogP contribution in [-0.2, 0) is 9.53 Å². The first kappa shape index (κ1) is 23.5. The molecule has 6 heteroatoms. The van der Waals surface area contributed by atoms with E-state index >= 15 is 0 Å². The third-order valence-corrected chi connectivity index (χ3v) is 6.08. The Bertz CT molecular complexity index is 1060. The van der Waals surface area contributed by atoms with E-state index in [0.29, 0.717) is 24.4 Å². The molecule has 0 radical (unpaired) electrons. The zero-order chi connectivity index (χ0) is 23.8. The average molecular weight is 458 g/mol. The van der Waals surface area contributed by atoms with E-state index in [-0.39, 0.29) is 11.8 Å². The predicted octanol–water partition coefficient (Wildman–Crippen LogP) is 4.43. The smallest absolute Gasteiger partial charge is 0.253 e. The molecule has 1 heterocycles. The summed E-state index contributed by atoms with van der Waals surface area (Å²) < 4.78 is 5.06. The van der Waals surface area contributed by atoms with Gasteiger partial charge in [-0.1, -0.05) is 60.7 Å². The van der Waals surface area contributed by atoms with Crippen LogP contribution in [0.15, 0.2) is 78.9 Å². The van der Waals surface area contributed by atoms with Gasteiger partial charge in [0.1, 0.15) is 0 Å². The first-order chi connectivity index (χ1) is 16.7. The predicted molar refractivity (Wildman–Crippen MR) is 135 cm³/mol. The molecule has 1 saturated heterocycles. The number of hydrogen-bond donors (Lipinski definition) is 2. The first-order valence-corrected chi connectivity index (χ1v) is 11.7. The highest BCUT2D eigenvalue weighted by Crippen LogP contribution is 2.30. The number of ether oxygens (including phenoxy) is 1. The first-order valence-electron chi connectivity index (χ1n) is 11.7. The minimum absolute atomic E-state index is 0.142. The second kappa shape index (κ2) is 11.5. The van der Waals surface area contributed by atoms with Crippen LogP contribution in [0.2, 0.25) is 0 Å². The van der Waals surface area contributed by atoms with Crippen LogP contribution in [-0.4, -0.2) is 45.2 Å². The van der Waals surface area contributed by atoms with Crippen molar-refractivity contribution in [2.24, 2.45) is 0 Å². The second-order valence-electron chi connectivity index (χ2n) is 8.42. The molecule has 2 N–H and O–H groups in total.